The first-order valence-electron chi connectivity index (χ1n) is 7.38. The van der Waals surface area contributed by atoms with Crippen molar-refractivity contribution in [3.63, 3.8) is 0 Å². The van der Waals surface area contributed by atoms with Crippen molar-refractivity contribution >= 4 is 39.0 Å². The molecule has 1 amide bonds. The summed E-state index contributed by atoms with van der Waals surface area (Å²) in [7, 11) is 1.88. The first-order chi connectivity index (χ1) is 10.6. The molecule has 22 heavy (non-hydrogen) atoms. The van der Waals surface area contributed by atoms with Gasteiger partial charge in [0.1, 0.15) is 5.82 Å². The summed E-state index contributed by atoms with van der Waals surface area (Å²) in [6, 6.07) is 4.02. The Labute approximate surface area is 142 Å². The van der Waals surface area contributed by atoms with E-state index in [1.165, 1.54) is 5.56 Å². The molecule has 7 heteroatoms. The van der Waals surface area contributed by atoms with Gasteiger partial charge >= 0.3 is 0 Å². The van der Waals surface area contributed by atoms with Crippen molar-refractivity contribution in [2.75, 3.05) is 11.9 Å². The molecule has 0 radical (unpaired) electrons. The smallest absolute Gasteiger partial charge is 0.226 e. The lowest BCUT2D eigenvalue weighted by atomic mass is 10.0. The molecule has 0 saturated carbocycles. The van der Waals surface area contributed by atoms with Crippen LogP contribution < -0.4 is 11.1 Å². The summed E-state index contributed by atoms with van der Waals surface area (Å²) in [5.74, 6) is 0.899. The van der Waals surface area contributed by atoms with E-state index in [4.69, 9.17) is 5.73 Å². The number of carbonyl (C=O) groups excluding carboxylic acids is 1. The average molecular weight is 383 g/mol. The fourth-order valence-electron chi connectivity index (χ4n) is 2.93. The molecule has 3 rings (SSSR count). The lowest BCUT2D eigenvalue weighted by molar-refractivity contribution is -0.116. The van der Waals surface area contributed by atoms with E-state index in [1.54, 1.807) is 16.0 Å². The van der Waals surface area contributed by atoms with Crippen molar-refractivity contribution in [2.45, 2.75) is 31.6 Å². The standard InChI is InChI=1S/C15H19BrN4OS/c1-20-15(10-3-2-4-11(10)19-20)18-14(21)7-9(8-17)12-5-6-13(16)22-12/h5-6,9H,2-4,7-8,17H2,1H3,(H,18,21). The van der Waals surface area contributed by atoms with Crippen molar-refractivity contribution in [2.24, 2.45) is 12.8 Å². The highest BCUT2D eigenvalue weighted by Gasteiger charge is 2.23. The zero-order chi connectivity index (χ0) is 15.7. The Balaban J connectivity index is 1.70. The molecular weight excluding hydrogens is 364 g/mol. The van der Waals surface area contributed by atoms with Crippen LogP contribution in [0.5, 0.6) is 0 Å². The van der Waals surface area contributed by atoms with Crippen LogP contribution in [-0.2, 0) is 24.7 Å². The number of nitrogens with zero attached hydrogens (tertiary/aromatic N) is 2. The second-order valence-electron chi connectivity index (χ2n) is 5.58. The molecule has 2 heterocycles. The van der Waals surface area contributed by atoms with Crippen molar-refractivity contribution in [1.82, 2.24) is 9.78 Å². The zero-order valence-electron chi connectivity index (χ0n) is 12.4. The van der Waals surface area contributed by atoms with Gasteiger partial charge < -0.3 is 11.1 Å². The van der Waals surface area contributed by atoms with Gasteiger partial charge in [0, 0.05) is 36.4 Å². The number of halogens is 1. The van der Waals surface area contributed by atoms with Gasteiger partial charge in [-0.25, -0.2) is 0 Å². The maximum absolute atomic E-state index is 12.4. The number of carbonyl (C=O) groups is 1. The molecule has 3 N–H and O–H groups in total. The monoisotopic (exact) mass is 382 g/mol. The topological polar surface area (TPSA) is 72.9 Å². The maximum Gasteiger partial charge on any atom is 0.226 e. The summed E-state index contributed by atoms with van der Waals surface area (Å²) in [4.78, 5) is 13.5. The van der Waals surface area contributed by atoms with Gasteiger partial charge in [-0.2, -0.15) is 5.10 Å². The molecule has 0 bridgehead atoms. The largest absolute Gasteiger partial charge is 0.330 e. The summed E-state index contributed by atoms with van der Waals surface area (Å²) in [5, 5.41) is 7.51. The number of anilines is 1. The number of thiophene rings is 1. The van der Waals surface area contributed by atoms with E-state index >= 15 is 0 Å². The van der Waals surface area contributed by atoms with E-state index in [1.807, 2.05) is 19.2 Å². The predicted octanol–water partition coefficient (Wildman–Crippen LogP) is 2.80. The number of hydrogen-bond acceptors (Lipinski definition) is 4. The van der Waals surface area contributed by atoms with Crippen molar-refractivity contribution in [1.29, 1.82) is 0 Å². The Kier molecular flexibility index (Phi) is 4.65. The van der Waals surface area contributed by atoms with E-state index in [-0.39, 0.29) is 11.8 Å². The van der Waals surface area contributed by atoms with E-state index in [9.17, 15) is 4.79 Å². The molecule has 2 aromatic heterocycles. The minimum Gasteiger partial charge on any atom is -0.330 e. The second-order valence-corrected chi connectivity index (χ2v) is 8.07. The van der Waals surface area contributed by atoms with Gasteiger partial charge in [-0.15, -0.1) is 11.3 Å². The highest BCUT2D eigenvalue weighted by atomic mass is 79.9. The first-order valence-corrected chi connectivity index (χ1v) is 8.99. The van der Waals surface area contributed by atoms with Gasteiger partial charge in [-0.3, -0.25) is 9.48 Å². The van der Waals surface area contributed by atoms with Crippen LogP contribution in [0.25, 0.3) is 0 Å². The molecule has 1 unspecified atom stereocenters. The number of nitrogens with one attached hydrogen (secondary N) is 1. The van der Waals surface area contributed by atoms with Gasteiger partial charge in [-0.1, -0.05) is 0 Å². The molecule has 1 aliphatic carbocycles. The summed E-state index contributed by atoms with van der Waals surface area (Å²) in [6.07, 6.45) is 3.52. The molecule has 0 spiro atoms. The van der Waals surface area contributed by atoms with Crippen LogP contribution in [-0.4, -0.2) is 22.2 Å². The molecule has 0 aromatic carbocycles. The summed E-state index contributed by atoms with van der Waals surface area (Å²) < 4.78 is 2.84. The van der Waals surface area contributed by atoms with Crippen LogP contribution in [0.4, 0.5) is 5.82 Å². The van der Waals surface area contributed by atoms with E-state index in [2.05, 4.69) is 26.3 Å². The van der Waals surface area contributed by atoms with Gasteiger partial charge in [0.15, 0.2) is 0 Å². The van der Waals surface area contributed by atoms with Crippen molar-refractivity contribution in [3.05, 3.63) is 32.1 Å². The number of amides is 1. The van der Waals surface area contributed by atoms with E-state index in [0.717, 1.165) is 39.4 Å². The third kappa shape index (κ3) is 3.11. The van der Waals surface area contributed by atoms with Gasteiger partial charge in [0.25, 0.3) is 0 Å². The normalized spacial score (nSPS) is 14.9. The second kappa shape index (κ2) is 6.52. The molecule has 0 aliphatic heterocycles. The SMILES string of the molecule is Cn1nc2c(c1NC(=O)CC(CN)c1ccc(Br)s1)CCC2. The molecule has 1 atom stereocenters. The van der Waals surface area contributed by atoms with Gasteiger partial charge in [0.05, 0.1) is 9.48 Å². The number of aryl methyl sites for hydroxylation is 2. The van der Waals surface area contributed by atoms with Crippen molar-refractivity contribution in [3.8, 4) is 0 Å². The molecule has 5 nitrogen and oxygen atoms in total. The quantitative estimate of drug-likeness (QED) is 0.834. The number of hydrogen-bond donors (Lipinski definition) is 2. The van der Waals surface area contributed by atoms with Gasteiger partial charge in [0.2, 0.25) is 5.91 Å². The fraction of sp³-hybridized carbons (Fsp3) is 0.467. The predicted molar refractivity (Wildman–Crippen MR) is 92.3 cm³/mol. The lowest BCUT2D eigenvalue weighted by Crippen LogP contribution is -2.21. The Morgan fingerprint density at radius 3 is 3.05 bits per heavy atom. The van der Waals surface area contributed by atoms with Crippen LogP contribution in [0.2, 0.25) is 0 Å². The Morgan fingerprint density at radius 2 is 2.36 bits per heavy atom. The summed E-state index contributed by atoms with van der Waals surface area (Å²) in [6.45, 7) is 0.462. The number of nitrogens with two attached hydrogens (primary N) is 1. The molecule has 0 fully saturated rings. The highest BCUT2D eigenvalue weighted by Crippen LogP contribution is 2.31. The Hall–Kier alpha value is -1.18. The number of fused-ring (bicyclic) bond motifs is 1. The highest BCUT2D eigenvalue weighted by molar-refractivity contribution is 9.11. The van der Waals surface area contributed by atoms with E-state index < -0.39 is 0 Å². The number of aromatic nitrogens is 2. The third-order valence-electron chi connectivity index (χ3n) is 4.04. The minimum atomic E-state index is -0.00216. The molecule has 2 aromatic rings. The van der Waals surface area contributed by atoms with Crippen LogP contribution in [0.1, 0.15) is 34.9 Å². The lowest BCUT2D eigenvalue weighted by Gasteiger charge is -2.13. The van der Waals surface area contributed by atoms with Gasteiger partial charge in [-0.05, 0) is 47.3 Å². The number of rotatable bonds is 5. The van der Waals surface area contributed by atoms with E-state index in [0.29, 0.717) is 13.0 Å². The zero-order valence-corrected chi connectivity index (χ0v) is 14.8. The summed E-state index contributed by atoms with van der Waals surface area (Å²) in [5.41, 5.74) is 8.16. The Morgan fingerprint density at radius 1 is 1.55 bits per heavy atom. The van der Waals surface area contributed by atoms with Crippen LogP contribution >= 0.6 is 27.3 Å². The maximum atomic E-state index is 12.4. The molecule has 0 saturated heterocycles. The average Bonchev–Trinajstić information content (AvgIpc) is 3.16. The van der Waals surface area contributed by atoms with Crippen LogP contribution in [0, 0.1) is 0 Å². The van der Waals surface area contributed by atoms with Crippen LogP contribution in [0.3, 0.4) is 0 Å². The molecule has 118 valence electrons. The molecule has 1 aliphatic rings. The molecular formula is C15H19BrN4OS. The summed E-state index contributed by atoms with van der Waals surface area (Å²) >= 11 is 5.09. The Bertz CT molecular complexity index is 694. The first kappa shape index (κ1) is 15.7. The third-order valence-corrected chi connectivity index (χ3v) is 5.83. The van der Waals surface area contributed by atoms with Crippen LogP contribution in [0.15, 0.2) is 15.9 Å². The fourth-order valence-corrected chi connectivity index (χ4v) is 4.47. The van der Waals surface area contributed by atoms with Crippen molar-refractivity contribution < 1.29 is 4.79 Å². The minimum absolute atomic E-state index is 0.00216.